The van der Waals surface area contributed by atoms with Crippen LogP contribution in [-0.2, 0) is 0 Å². The van der Waals surface area contributed by atoms with Gasteiger partial charge in [0.25, 0.3) is 0 Å². The van der Waals surface area contributed by atoms with Gasteiger partial charge in [-0.2, -0.15) is 0 Å². The molecule has 0 bridgehead atoms. The number of aromatic nitrogens is 1. The molecule has 2 heterocycles. The molecule has 0 unspecified atom stereocenters. The van der Waals surface area contributed by atoms with E-state index in [0.29, 0.717) is 0 Å². The van der Waals surface area contributed by atoms with E-state index >= 15 is 0 Å². The average molecular weight is 153 g/mol. The van der Waals surface area contributed by atoms with Crippen molar-refractivity contribution in [2.75, 3.05) is 0 Å². The highest BCUT2D eigenvalue weighted by Gasteiger charge is 2.00. The minimum absolute atomic E-state index is 0.217. The van der Waals surface area contributed by atoms with Crippen LogP contribution in [0.1, 0.15) is 0 Å². The smallest absolute Gasteiger partial charge is 0.398 e. The van der Waals surface area contributed by atoms with Crippen LogP contribution in [0.5, 0.6) is 0 Å². The summed E-state index contributed by atoms with van der Waals surface area (Å²) >= 11 is 0. The van der Waals surface area contributed by atoms with Crippen LogP contribution in [0, 0.1) is 0 Å². The average Bonchev–Trinajstić information content (AvgIpc) is 2.36. The second-order valence-corrected chi connectivity index (χ2v) is 1.94. The Morgan fingerprint density at radius 3 is 2.91 bits per heavy atom. The largest absolute Gasteiger partial charge is 0.442 e. The molecule has 0 spiro atoms. The molecule has 0 aromatic carbocycles. The predicted octanol–water partition coefficient (Wildman–Crippen LogP) is -0.154. The molecule has 0 aliphatic rings. The van der Waals surface area contributed by atoms with Gasteiger partial charge in [-0.25, -0.2) is 9.59 Å². The Labute approximate surface area is 59.4 Å². The first-order valence-corrected chi connectivity index (χ1v) is 2.89. The fourth-order valence-corrected chi connectivity index (χ4v) is 0.768. The molecule has 2 aromatic heterocycles. The van der Waals surface area contributed by atoms with E-state index in [1.54, 1.807) is 6.07 Å². The van der Waals surface area contributed by atoms with E-state index in [2.05, 4.69) is 8.94 Å². The lowest BCUT2D eigenvalue weighted by Crippen LogP contribution is -2.22. The minimum Gasteiger partial charge on any atom is -0.398 e. The Kier molecular flexibility index (Phi) is 1.00. The highest BCUT2D eigenvalue weighted by atomic mass is 16.5. The molecule has 0 saturated heterocycles. The summed E-state index contributed by atoms with van der Waals surface area (Å²) in [6, 6.07) is 3.12. The summed E-state index contributed by atoms with van der Waals surface area (Å²) in [5.41, 5.74) is -1.78. The molecule has 5 heteroatoms. The predicted molar refractivity (Wildman–Crippen MR) is 34.5 cm³/mol. The van der Waals surface area contributed by atoms with Crippen LogP contribution in [0.2, 0.25) is 0 Å². The molecule has 56 valence electrons. The lowest BCUT2D eigenvalue weighted by Gasteiger charge is -1.86. The Morgan fingerprint density at radius 2 is 2.09 bits per heavy atom. The first-order chi connectivity index (χ1) is 5.27. The zero-order chi connectivity index (χ0) is 7.84. The molecule has 0 radical (unpaired) electrons. The third-order valence-electron chi connectivity index (χ3n) is 1.22. The van der Waals surface area contributed by atoms with Crippen molar-refractivity contribution in [2.24, 2.45) is 0 Å². The van der Waals surface area contributed by atoms with E-state index in [1.165, 1.54) is 12.3 Å². The van der Waals surface area contributed by atoms with Gasteiger partial charge in [0.05, 0.1) is 0 Å². The van der Waals surface area contributed by atoms with Crippen molar-refractivity contribution < 1.29 is 8.94 Å². The van der Waals surface area contributed by atoms with Crippen molar-refractivity contribution in [1.29, 1.82) is 0 Å². The summed E-state index contributed by atoms with van der Waals surface area (Å²) < 4.78 is 10.1. The van der Waals surface area contributed by atoms with Crippen molar-refractivity contribution in [2.45, 2.75) is 0 Å². The maximum atomic E-state index is 10.5. The first-order valence-electron chi connectivity index (χ1n) is 2.89. The van der Waals surface area contributed by atoms with Crippen molar-refractivity contribution in [3.05, 3.63) is 39.2 Å². The molecular formula is C6H3NO4. The second kappa shape index (κ2) is 1.85. The van der Waals surface area contributed by atoms with Gasteiger partial charge in [-0.3, -0.25) is 0 Å². The van der Waals surface area contributed by atoms with Crippen molar-refractivity contribution in [3.8, 4) is 0 Å². The second-order valence-electron chi connectivity index (χ2n) is 1.94. The maximum absolute atomic E-state index is 10.5. The SMILES string of the molecule is O=c1oc2cccn2oc1=O. The molecule has 0 aliphatic carbocycles. The Balaban J connectivity index is 3.09. The maximum Gasteiger partial charge on any atom is 0.442 e. The summed E-state index contributed by atoms with van der Waals surface area (Å²) in [7, 11) is 0. The monoisotopic (exact) mass is 153 g/mol. The molecule has 11 heavy (non-hydrogen) atoms. The Bertz CT molecular complexity index is 445. The first kappa shape index (κ1) is 5.96. The summed E-state index contributed by atoms with van der Waals surface area (Å²) in [6.45, 7) is 0. The molecule has 0 aliphatic heterocycles. The van der Waals surface area contributed by atoms with Crippen molar-refractivity contribution in [3.63, 3.8) is 0 Å². The number of nitrogens with zero attached hydrogens (tertiary/aromatic N) is 1. The number of fused-ring (bicyclic) bond motifs is 1. The van der Waals surface area contributed by atoms with Crippen LogP contribution in [0.25, 0.3) is 5.71 Å². The molecule has 0 N–H and O–H groups in total. The highest BCUT2D eigenvalue weighted by Crippen LogP contribution is 1.96. The summed E-state index contributed by atoms with van der Waals surface area (Å²) in [6.07, 6.45) is 1.47. The molecule has 0 fully saturated rings. The van der Waals surface area contributed by atoms with Crippen LogP contribution < -0.4 is 11.3 Å². The Hall–Kier alpha value is -1.78. The van der Waals surface area contributed by atoms with E-state index in [-0.39, 0.29) is 5.71 Å². The summed E-state index contributed by atoms with van der Waals surface area (Å²) in [5, 5.41) is 0. The third-order valence-corrected chi connectivity index (χ3v) is 1.22. The van der Waals surface area contributed by atoms with E-state index in [1.807, 2.05) is 0 Å². The van der Waals surface area contributed by atoms with Crippen LogP contribution in [0.15, 0.2) is 36.9 Å². The van der Waals surface area contributed by atoms with Gasteiger partial charge >= 0.3 is 11.3 Å². The van der Waals surface area contributed by atoms with Gasteiger partial charge in [-0.15, -0.1) is 4.57 Å². The van der Waals surface area contributed by atoms with Gasteiger partial charge in [-0.05, 0) is 6.07 Å². The normalized spacial score (nSPS) is 10.5. The third kappa shape index (κ3) is 0.778. The number of rotatable bonds is 0. The van der Waals surface area contributed by atoms with Gasteiger partial charge < -0.3 is 8.94 Å². The molecule has 5 nitrogen and oxygen atoms in total. The van der Waals surface area contributed by atoms with Crippen molar-refractivity contribution in [1.82, 2.24) is 4.57 Å². The Morgan fingerprint density at radius 1 is 1.27 bits per heavy atom. The molecule has 2 rings (SSSR count). The standard InChI is InChI=1S/C6H3NO4/c8-5-6(9)11-7-3-1-2-4(7)10-5/h1-3H. The van der Waals surface area contributed by atoms with Gasteiger partial charge in [0, 0.05) is 12.3 Å². The minimum atomic E-state index is -1.01. The quantitative estimate of drug-likeness (QED) is 0.493. The van der Waals surface area contributed by atoms with Gasteiger partial charge in [0.15, 0.2) is 0 Å². The van der Waals surface area contributed by atoms with E-state index in [9.17, 15) is 9.59 Å². The zero-order valence-electron chi connectivity index (χ0n) is 5.31. The van der Waals surface area contributed by atoms with Gasteiger partial charge in [-0.1, -0.05) is 0 Å². The zero-order valence-corrected chi connectivity index (χ0v) is 5.31. The summed E-state index contributed by atoms with van der Waals surface area (Å²) in [4.78, 5) is 21.1. The molecule has 0 amide bonds. The van der Waals surface area contributed by atoms with Crippen molar-refractivity contribution >= 4 is 5.71 Å². The fourth-order valence-electron chi connectivity index (χ4n) is 0.768. The van der Waals surface area contributed by atoms with E-state index in [4.69, 9.17) is 0 Å². The fraction of sp³-hybridized carbons (Fsp3) is 0. The van der Waals surface area contributed by atoms with Gasteiger partial charge in [0.1, 0.15) is 0 Å². The lowest BCUT2D eigenvalue weighted by atomic mass is 10.7. The van der Waals surface area contributed by atoms with Crippen LogP contribution >= 0.6 is 0 Å². The van der Waals surface area contributed by atoms with Crippen LogP contribution in [-0.4, -0.2) is 4.57 Å². The molecule has 2 aromatic rings. The summed E-state index contributed by atoms with van der Waals surface area (Å²) in [5.74, 6) is 0. The molecule has 0 saturated carbocycles. The highest BCUT2D eigenvalue weighted by molar-refractivity contribution is 5.30. The lowest BCUT2D eigenvalue weighted by molar-refractivity contribution is 0.278. The van der Waals surface area contributed by atoms with Crippen LogP contribution in [0.4, 0.5) is 0 Å². The van der Waals surface area contributed by atoms with Crippen LogP contribution in [0.3, 0.4) is 0 Å². The van der Waals surface area contributed by atoms with Gasteiger partial charge in [0.2, 0.25) is 5.71 Å². The molecule has 0 atom stereocenters. The number of hydrogen-bond donors (Lipinski definition) is 0. The van der Waals surface area contributed by atoms with E-state index in [0.717, 1.165) is 4.57 Å². The number of hydrogen-bond acceptors (Lipinski definition) is 4. The molecular weight excluding hydrogens is 150 g/mol. The topological polar surface area (TPSA) is 64.8 Å². The van der Waals surface area contributed by atoms with E-state index < -0.39 is 11.3 Å².